The van der Waals surface area contributed by atoms with E-state index in [-0.39, 0.29) is 11.8 Å². The van der Waals surface area contributed by atoms with Crippen LogP contribution in [0, 0.1) is 23.2 Å². The molecule has 2 fully saturated rings. The first-order valence-electron chi connectivity index (χ1n) is 7.49. The van der Waals surface area contributed by atoms with E-state index in [1.54, 1.807) is 0 Å². The maximum absolute atomic E-state index is 11.9. The number of sulfonamides is 1. The predicted molar refractivity (Wildman–Crippen MR) is 74.9 cm³/mol. The highest BCUT2D eigenvalue weighted by molar-refractivity contribution is 7.89. The second-order valence-electron chi connectivity index (χ2n) is 5.96. The Bertz CT molecular complexity index is 421. The Hall–Kier alpha value is -0.600. The monoisotopic (exact) mass is 284 g/mol. The minimum Gasteiger partial charge on any atom is -0.212 e. The van der Waals surface area contributed by atoms with Crippen LogP contribution in [0.2, 0.25) is 0 Å². The van der Waals surface area contributed by atoms with E-state index in [0.717, 1.165) is 12.3 Å². The fourth-order valence-corrected chi connectivity index (χ4v) is 4.65. The van der Waals surface area contributed by atoms with Gasteiger partial charge in [0.1, 0.15) is 0 Å². The summed E-state index contributed by atoms with van der Waals surface area (Å²) in [6.45, 7) is 0. The van der Waals surface area contributed by atoms with Gasteiger partial charge in [0.05, 0.1) is 11.8 Å². The molecule has 0 heterocycles. The molecular weight excluding hydrogens is 260 g/mol. The van der Waals surface area contributed by atoms with Crippen LogP contribution in [0.3, 0.4) is 0 Å². The molecule has 0 radical (unpaired) electrons. The molecule has 2 saturated carbocycles. The molecule has 0 bridgehead atoms. The van der Waals surface area contributed by atoms with Crippen molar-refractivity contribution in [1.82, 2.24) is 4.72 Å². The number of nitrogens with one attached hydrogen (secondary N) is 1. The van der Waals surface area contributed by atoms with Gasteiger partial charge in [-0.25, -0.2) is 13.1 Å². The molecule has 108 valence electrons. The molecule has 0 aromatic rings. The Labute approximate surface area is 116 Å². The van der Waals surface area contributed by atoms with Crippen molar-refractivity contribution < 1.29 is 8.42 Å². The van der Waals surface area contributed by atoms with Crippen molar-refractivity contribution in [3.8, 4) is 6.07 Å². The minimum atomic E-state index is -3.13. The van der Waals surface area contributed by atoms with Gasteiger partial charge in [0.25, 0.3) is 0 Å². The third-order valence-electron chi connectivity index (χ3n) is 4.38. The van der Waals surface area contributed by atoms with Gasteiger partial charge in [-0.1, -0.05) is 32.1 Å². The summed E-state index contributed by atoms with van der Waals surface area (Å²) in [6, 6.07) is 2.24. The zero-order valence-electron chi connectivity index (χ0n) is 11.5. The number of nitrogens with zero attached hydrogens (tertiary/aromatic N) is 1. The average Bonchev–Trinajstić information content (AvgIpc) is 3.14. The lowest BCUT2D eigenvalue weighted by molar-refractivity contribution is 0.316. The van der Waals surface area contributed by atoms with Crippen LogP contribution in [0.5, 0.6) is 0 Å². The van der Waals surface area contributed by atoms with Crippen LogP contribution in [0.1, 0.15) is 57.8 Å². The summed E-state index contributed by atoms with van der Waals surface area (Å²) in [5.74, 6) is 1.51. The van der Waals surface area contributed by atoms with Crippen molar-refractivity contribution >= 4 is 10.0 Å². The molecule has 5 heteroatoms. The lowest BCUT2D eigenvalue weighted by atomic mass is 9.86. The normalized spacial score (nSPS) is 27.9. The van der Waals surface area contributed by atoms with E-state index < -0.39 is 10.0 Å². The Morgan fingerprint density at radius 1 is 1.16 bits per heavy atom. The summed E-state index contributed by atoms with van der Waals surface area (Å²) in [4.78, 5) is 0. The molecule has 2 rings (SSSR count). The van der Waals surface area contributed by atoms with Gasteiger partial charge in [-0.05, 0) is 31.1 Å². The molecule has 2 unspecified atom stereocenters. The highest BCUT2D eigenvalue weighted by atomic mass is 32.2. The predicted octanol–water partition coefficient (Wildman–Crippen LogP) is 2.57. The van der Waals surface area contributed by atoms with Crippen molar-refractivity contribution in [2.75, 3.05) is 5.75 Å². The number of rotatable bonds is 7. The van der Waals surface area contributed by atoms with Crippen LogP contribution in [0.15, 0.2) is 0 Å². The summed E-state index contributed by atoms with van der Waals surface area (Å²) in [7, 11) is -3.13. The number of unbranched alkanes of at least 4 members (excludes halogenated alkanes) is 2. The minimum absolute atomic E-state index is 0.169. The average molecular weight is 284 g/mol. The molecule has 2 aliphatic rings. The van der Waals surface area contributed by atoms with Crippen LogP contribution >= 0.6 is 0 Å². The Morgan fingerprint density at radius 3 is 2.58 bits per heavy atom. The first-order chi connectivity index (χ1) is 9.12. The van der Waals surface area contributed by atoms with E-state index in [1.165, 1.54) is 32.1 Å². The van der Waals surface area contributed by atoms with Crippen LogP contribution < -0.4 is 4.72 Å². The molecule has 4 nitrogen and oxygen atoms in total. The molecule has 0 amide bonds. The summed E-state index contributed by atoms with van der Waals surface area (Å²) >= 11 is 0. The van der Waals surface area contributed by atoms with E-state index >= 15 is 0 Å². The summed E-state index contributed by atoms with van der Waals surface area (Å²) in [5.41, 5.74) is 0. The van der Waals surface area contributed by atoms with Crippen molar-refractivity contribution in [2.24, 2.45) is 11.8 Å². The van der Waals surface area contributed by atoms with Gasteiger partial charge >= 0.3 is 0 Å². The molecule has 0 aromatic heterocycles. The first kappa shape index (κ1) is 14.8. The van der Waals surface area contributed by atoms with Crippen molar-refractivity contribution in [1.29, 1.82) is 5.26 Å². The highest BCUT2D eigenvalue weighted by Gasteiger charge is 2.44. The van der Waals surface area contributed by atoms with Gasteiger partial charge in [-0.15, -0.1) is 0 Å². The number of nitriles is 1. The third kappa shape index (κ3) is 4.77. The summed E-state index contributed by atoms with van der Waals surface area (Å²) < 4.78 is 26.6. The molecule has 2 aliphatic carbocycles. The molecule has 0 spiro atoms. The standard InChI is InChI=1S/C14H24N2O2S/c15-9-5-2-6-10-19(17,18)16-14-11-13(14)12-7-3-1-4-8-12/h12-14,16H,1-8,10-11H2. The van der Waals surface area contributed by atoms with Gasteiger partial charge in [-0.2, -0.15) is 5.26 Å². The summed E-state index contributed by atoms with van der Waals surface area (Å²) in [6.07, 6.45) is 9.28. The molecule has 0 aliphatic heterocycles. The van der Waals surface area contributed by atoms with E-state index in [2.05, 4.69) is 4.72 Å². The molecule has 0 aromatic carbocycles. The Kier molecular flexibility index (Phi) is 5.23. The van der Waals surface area contributed by atoms with Crippen molar-refractivity contribution in [2.45, 2.75) is 63.8 Å². The first-order valence-corrected chi connectivity index (χ1v) is 9.14. The molecule has 0 saturated heterocycles. The smallest absolute Gasteiger partial charge is 0.211 e. The van der Waals surface area contributed by atoms with E-state index in [1.807, 2.05) is 6.07 Å². The maximum atomic E-state index is 11.9. The SMILES string of the molecule is N#CCCCCS(=O)(=O)NC1CC1C1CCCCC1. The Balaban J connectivity index is 1.68. The topological polar surface area (TPSA) is 70.0 Å². The van der Waals surface area contributed by atoms with Crippen LogP contribution in [-0.4, -0.2) is 20.2 Å². The Morgan fingerprint density at radius 2 is 1.89 bits per heavy atom. The number of hydrogen-bond donors (Lipinski definition) is 1. The largest absolute Gasteiger partial charge is 0.212 e. The van der Waals surface area contributed by atoms with E-state index in [4.69, 9.17) is 5.26 Å². The zero-order chi connectivity index (χ0) is 13.7. The van der Waals surface area contributed by atoms with Crippen LogP contribution in [-0.2, 0) is 10.0 Å². The fraction of sp³-hybridized carbons (Fsp3) is 0.929. The van der Waals surface area contributed by atoms with Crippen molar-refractivity contribution in [3.63, 3.8) is 0 Å². The van der Waals surface area contributed by atoms with Crippen molar-refractivity contribution in [3.05, 3.63) is 0 Å². The third-order valence-corrected chi connectivity index (χ3v) is 5.87. The van der Waals surface area contributed by atoms with Gasteiger partial charge < -0.3 is 0 Å². The van der Waals surface area contributed by atoms with E-state index in [9.17, 15) is 8.42 Å². The number of hydrogen-bond acceptors (Lipinski definition) is 3. The van der Waals surface area contributed by atoms with Gasteiger partial charge in [0.15, 0.2) is 0 Å². The zero-order valence-corrected chi connectivity index (χ0v) is 12.3. The maximum Gasteiger partial charge on any atom is 0.211 e. The quantitative estimate of drug-likeness (QED) is 0.730. The second-order valence-corrected chi connectivity index (χ2v) is 7.83. The van der Waals surface area contributed by atoms with Gasteiger partial charge in [0.2, 0.25) is 10.0 Å². The lowest BCUT2D eigenvalue weighted by Gasteiger charge is -2.21. The van der Waals surface area contributed by atoms with Gasteiger partial charge in [-0.3, -0.25) is 0 Å². The second kappa shape index (κ2) is 6.71. The van der Waals surface area contributed by atoms with Crippen LogP contribution in [0.4, 0.5) is 0 Å². The molecule has 1 N–H and O–H groups in total. The molecule has 2 atom stereocenters. The van der Waals surface area contributed by atoms with Gasteiger partial charge in [0, 0.05) is 12.5 Å². The molecular formula is C14H24N2O2S. The highest BCUT2D eigenvalue weighted by Crippen LogP contribution is 2.44. The molecule has 19 heavy (non-hydrogen) atoms. The lowest BCUT2D eigenvalue weighted by Crippen LogP contribution is -2.30. The summed E-state index contributed by atoms with van der Waals surface area (Å²) in [5, 5.41) is 8.41. The van der Waals surface area contributed by atoms with E-state index in [0.29, 0.717) is 25.2 Å². The van der Waals surface area contributed by atoms with Crippen LogP contribution in [0.25, 0.3) is 0 Å². The fourth-order valence-electron chi connectivity index (χ4n) is 3.22.